The van der Waals surface area contributed by atoms with Crippen molar-refractivity contribution in [1.29, 1.82) is 0 Å². The zero-order chi connectivity index (χ0) is 20.0. The molecular formula is C20H26N2O4S. The number of amides is 1. The van der Waals surface area contributed by atoms with E-state index in [1.54, 1.807) is 19.1 Å². The zero-order valence-electron chi connectivity index (χ0n) is 16.1. The van der Waals surface area contributed by atoms with E-state index in [1.165, 1.54) is 6.07 Å². The number of rotatable bonds is 8. The number of benzene rings is 2. The third-order valence-electron chi connectivity index (χ3n) is 3.96. The lowest BCUT2D eigenvalue weighted by molar-refractivity contribution is -0.114. The van der Waals surface area contributed by atoms with Gasteiger partial charge in [-0.15, -0.1) is 0 Å². The summed E-state index contributed by atoms with van der Waals surface area (Å²) in [4.78, 5) is 12.5. The minimum Gasteiger partial charge on any atom is -0.490 e. The van der Waals surface area contributed by atoms with E-state index in [4.69, 9.17) is 4.74 Å². The number of para-hydroxylation sites is 2. The SMILES string of the molecule is CCOc1c(NCC(=O)Nc2ccccc2C(C)C)cccc1S(C)(=O)=O. The number of hydrogen-bond acceptors (Lipinski definition) is 5. The topological polar surface area (TPSA) is 84.5 Å². The van der Waals surface area contributed by atoms with Crippen molar-refractivity contribution in [3.05, 3.63) is 48.0 Å². The molecule has 2 N–H and O–H groups in total. The van der Waals surface area contributed by atoms with Gasteiger partial charge in [0.2, 0.25) is 5.91 Å². The first-order chi connectivity index (χ1) is 12.7. The molecule has 0 atom stereocenters. The number of sulfone groups is 1. The van der Waals surface area contributed by atoms with Crippen LogP contribution in [-0.4, -0.2) is 33.7 Å². The highest BCUT2D eigenvalue weighted by molar-refractivity contribution is 7.90. The lowest BCUT2D eigenvalue weighted by Gasteiger charge is -2.16. The number of carbonyl (C=O) groups is 1. The van der Waals surface area contributed by atoms with Gasteiger partial charge in [-0.1, -0.05) is 38.1 Å². The maximum Gasteiger partial charge on any atom is 0.243 e. The van der Waals surface area contributed by atoms with Crippen molar-refractivity contribution >= 4 is 27.1 Å². The fraction of sp³-hybridized carbons (Fsp3) is 0.350. The quantitative estimate of drug-likeness (QED) is 0.718. The maximum atomic E-state index is 12.4. The maximum absolute atomic E-state index is 12.4. The average Bonchev–Trinajstić information content (AvgIpc) is 2.60. The van der Waals surface area contributed by atoms with E-state index >= 15 is 0 Å². The van der Waals surface area contributed by atoms with Gasteiger partial charge in [0.15, 0.2) is 15.6 Å². The second-order valence-electron chi connectivity index (χ2n) is 6.48. The Balaban J connectivity index is 2.16. The van der Waals surface area contributed by atoms with Gasteiger partial charge >= 0.3 is 0 Å². The summed E-state index contributed by atoms with van der Waals surface area (Å²) in [5.74, 6) is 0.290. The Morgan fingerprint density at radius 1 is 1.07 bits per heavy atom. The smallest absolute Gasteiger partial charge is 0.243 e. The zero-order valence-corrected chi connectivity index (χ0v) is 16.9. The predicted octanol–water partition coefficient (Wildman–Crippen LogP) is 3.66. The highest BCUT2D eigenvalue weighted by Gasteiger charge is 2.18. The lowest BCUT2D eigenvalue weighted by Crippen LogP contribution is -2.23. The minimum absolute atomic E-state index is 0.0142. The molecule has 0 spiro atoms. The van der Waals surface area contributed by atoms with Gasteiger partial charge < -0.3 is 15.4 Å². The molecule has 0 aliphatic rings. The summed E-state index contributed by atoms with van der Waals surface area (Å²) in [7, 11) is -3.45. The number of hydrogen-bond donors (Lipinski definition) is 2. The molecule has 0 aliphatic carbocycles. The van der Waals surface area contributed by atoms with Gasteiger partial charge in [0.25, 0.3) is 0 Å². The summed E-state index contributed by atoms with van der Waals surface area (Å²) in [5, 5.41) is 5.88. The fourth-order valence-corrected chi connectivity index (χ4v) is 3.56. The Morgan fingerprint density at radius 2 is 1.74 bits per heavy atom. The number of ether oxygens (including phenoxy) is 1. The van der Waals surface area contributed by atoms with Crippen molar-refractivity contribution in [2.45, 2.75) is 31.6 Å². The van der Waals surface area contributed by atoms with E-state index in [-0.39, 0.29) is 29.0 Å². The summed E-state index contributed by atoms with van der Waals surface area (Å²) >= 11 is 0. The molecule has 0 aromatic heterocycles. The highest BCUT2D eigenvalue weighted by atomic mass is 32.2. The number of anilines is 2. The molecule has 0 radical (unpaired) electrons. The van der Waals surface area contributed by atoms with Gasteiger partial charge in [-0.05, 0) is 36.6 Å². The van der Waals surface area contributed by atoms with Crippen LogP contribution >= 0.6 is 0 Å². The predicted molar refractivity (Wildman–Crippen MR) is 108 cm³/mol. The Kier molecular flexibility index (Phi) is 6.85. The molecule has 146 valence electrons. The molecule has 0 aliphatic heterocycles. The van der Waals surface area contributed by atoms with Crippen molar-refractivity contribution in [2.75, 3.05) is 30.0 Å². The van der Waals surface area contributed by atoms with Crippen LogP contribution in [0, 0.1) is 0 Å². The van der Waals surface area contributed by atoms with Gasteiger partial charge in [-0.2, -0.15) is 0 Å². The number of nitrogens with one attached hydrogen (secondary N) is 2. The first-order valence-corrected chi connectivity index (χ1v) is 10.7. The molecule has 0 saturated carbocycles. The van der Waals surface area contributed by atoms with Gasteiger partial charge in [0.1, 0.15) is 4.90 Å². The van der Waals surface area contributed by atoms with Crippen LogP contribution < -0.4 is 15.4 Å². The molecule has 6 nitrogen and oxygen atoms in total. The van der Waals surface area contributed by atoms with Gasteiger partial charge in [-0.25, -0.2) is 8.42 Å². The molecule has 0 heterocycles. The van der Waals surface area contributed by atoms with Crippen LogP contribution in [0.4, 0.5) is 11.4 Å². The van der Waals surface area contributed by atoms with E-state index < -0.39 is 9.84 Å². The van der Waals surface area contributed by atoms with Crippen LogP contribution in [0.25, 0.3) is 0 Å². The van der Waals surface area contributed by atoms with Gasteiger partial charge in [-0.3, -0.25) is 4.79 Å². The standard InChI is InChI=1S/C20H26N2O4S/c1-5-26-20-17(11-8-12-18(20)27(4,24)25)21-13-19(23)22-16-10-7-6-9-15(16)14(2)3/h6-12,14,21H,5,13H2,1-4H3,(H,22,23). The first kappa shape index (κ1) is 20.8. The molecule has 27 heavy (non-hydrogen) atoms. The normalized spacial score (nSPS) is 11.3. The summed E-state index contributed by atoms with van der Waals surface area (Å²) in [6.07, 6.45) is 1.13. The average molecular weight is 391 g/mol. The van der Waals surface area contributed by atoms with Crippen LogP contribution in [0.15, 0.2) is 47.4 Å². The third kappa shape index (κ3) is 5.47. The van der Waals surface area contributed by atoms with Crippen LogP contribution in [0.5, 0.6) is 5.75 Å². The summed E-state index contributed by atoms with van der Waals surface area (Å²) in [6, 6.07) is 12.5. The van der Waals surface area contributed by atoms with E-state index in [2.05, 4.69) is 24.5 Å². The lowest BCUT2D eigenvalue weighted by atomic mass is 10.0. The minimum atomic E-state index is -3.45. The molecule has 0 bridgehead atoms. The number of carbonyl (C=O) groups excluding carboxylic acids is 1. The molecular weight excluding hydrogens is 364 g/mol. The first-order valence-electron chi connectivity index (χ1n) is 8.82. The van der Waals surface area contributed by atoms with Crippen LogP contribution in [0.2, 0.25) is 0 Å². The Labute approximate surface area is 160 Å². The second kappa shape index (κ2) is 8.90. The fourth-order valence-electron chi connectivity index (χ4n) is 2.72. The third-order valence-corrected chi connectivity index (χ3v) is 5.08. The Bertz CT molecular complexity index is 908. The second-order valence-corrected chi connectivity index (χ2v) is 8.47. The highest BCUT2D eigenvalue weighted by Crippen LogP contribution is 2.32. The van der Waals surface area contributed by atoms with Crippen LogP contribution in [0.1, 0.15) is 32.3 Å². The molecule has 1 amide bonds. The molecule has 0 unspecified atom stereocenters. The largest absolute Gasteiger partial charge is 0.490 e. The van der Waals surface area contributed by atoms with Crippen LogP contribution in [0.3, 0.4) is 0 Å². The van der Waals surface area contributed by atoms with Gasteiger partial charge in [0, 0.05) is 11.9 Å². The van der Waals surface area contributed by atoms with Crippen molar-refractivity contribution in [3.8, 4) is 5.75 Å². The Morgan fingerprint density at radius 3 is 2.37 bits per heavy atom. The van der Waals surface area contributed by atoms with Crippen molar-refractivity contribution in [3.63, 3.8) is 0 Å². The van der Waals surface area contributed by atoms with Crippen LogP contribution in [-0.2, 0) is 14.6 Å². The molecule has 2 rings (SSSR count). The molecule has 0 fully saturated rings. The van der Waals surface area contributed by atoms with Gasteiger partial charge in [0.05, 0.1) is 18.8 Å². The van der Waals surface area contributed by atoms with Crippen molar-refractivity contribution in [2.24, 2.45) is 0 Å². The summed E-state index contributed by atoms with van der Waals surface area (Å²) < 4.78 is 29.5. The summed E-state index contributed by atoms with van der Waals surface area (Å²) in [5.41, 5.74) is 2.29. The van der Waals surface area contributed by atoms with E-state index in [0.717, 1.165) is 17.5 Å². The molecule has 2 aromatic carbocycles. The van der Waals surface area contributed by atoms with Crippen molar-refractivity contribution in [1.82, 2.24) is 0 Å². The monoisotopic (exact) mass is 390 g/mol. The van der Waals surface area contributed by atoms with E-state index in [9.17, 15) is 13.2 Å². The van der Waals surface area contributed by atoms with E-state index in [1.807, 2.05) is 24.3 Å². The molecule has 0 saturated heterocycles. The molecule has 7 heteroatoms. The van der Waals surface area contributed by atoms with E-state index in [0.29, 0.717) is 12.3 Å². The molecule has 2 aromatic rings. The Hall–Kier alpha value is -2.54. The van der Waals surface area contributed by atoms with Crippen molar-refractivity contribution < 1.29 is 17.9 Å². The summed E-state index contributed by atoms with van der Waals surface area (Å²) in [6.45, 7) is 6.20.